The Morgan fingerprint density at radius 3 is 2.40 bits per heavy atom. The van der Waals surface area contributed by atoms with Crippen LogP contribution in [0.15, 0.2) is 85.1 Å². The second-order valence-corrected chi connectivity index (χ2v) is 7.06. The standard InChI is InChI=1S/C25H23N3O2/c1-18(25(29)26-16-15-19-7-3-2-4-8-19)30-21-13-11-20(12-14-21)24-17-27-22-9-5-6-10-23(22)28-24/h2-14,17-18H,15-16H2,1H3,(H,26,29)/t18-/m0/s1. The Labute approximate surface area is 175 Å². The van der Waals surface area contributed by atoms with Gasteiger partial charge in [0.05, 0.1) is 22.9 Å². The maximum atomic E-state index is 12.3. The number of amides is 1. The van der Waals surface area contributed by atoms with E-state index < -0.39 is 6.10 Å². The third-order valence-corrected chi connectivity index (χ3v) is 4.84. The average Bonchev–Trinajstić information content (AvgIpc) is 2.80. The van der Waals surface area contributed by atoms with Gasteiger partial charge in [-0.05, 0) is 55.3 Å². The molecule has 0 saturated heterocycles. The van der Waals surface area contributed by atoms with Crippen LogP contribution in [0.3, 0.4) is 0 Å². The maximum absolute atomic E-state index is 12.3. The van der Waals surface area contributed by atoms with Gasteiger partial charge in [-0.25, -0.2) is 4.98 Å². The first-order chi connectivity index (χ1) is 14.7. The number of para-hydroxylation sites is 2. The summed E-state index contributed by atoms with van der Waals surface area (Å²) in [5, 5.41) is 2.92. The van der Waals surface area contributed by atoms with Gasteiger partial charge in [0.1, 0.15) is 5.75 Å². The molecule has 0 aliphatic heterocycles. The van der Waals surface area contributed by atoms with E-state index in [1.54, 1.807) is 13.1 Å². The molecule has 1 aromatic heterocycles. The fourth-order valence-electron chi connectivity index (χ4n) is 3.18. The monoisotopic (exact) mass is 397 g/mol. The number of fused-ring (bicyclic) bond motifs is 1. The molecule has 0 aliphatic rings. The van der Waals surface area contributed by atoms with Gasteiger partial charge >= 0.3 is 0 Å². The van der Waals surface area contributed by atoms with E-state index >= 15 is 0 Å². The molecule has 3 aromatic carbocycles. The Kier molecular flexibility index (Phi) is 5.99. The Morgan fingerprint density at radius 2 is 1.63 bits per heavy atom. The predicted molar refractivity (Wildman–Crippen MR) is 118 cm³/mol. The van der Waals surface area contributed by atoms with E-state index in [0.717, 1.165) is 28.7 Å². The molecule has 5 heteroatoms. The number of nitrogens with zero attached hydrogens (tertiary/aromatic N) is 2. The molecule has 150 valence electrons. The first-order valence-corrected chi connectivity index (χ1v) is 9.99. The van der Waals surface area contributed by atoms with E-state index in [1.807, 2.05) is 78.9 Å². The Balaban J connectivity index is 1.33. The zero-order valence-electron chi connectivity index (χ0n) is 16.8. The second-order valence-electron chi connectivity index (χ2n) is 7.06. The molecular formula is C25H23N3O2. The van der Waals surface area contributed by atoms with Crippen molar-refractivity contribution in [1.29, 1.82) is 0 Å². The summed E-state index contributed by atoms with van der Waals surface area (Å²) in [7, 11) is 0. The third kappa shape index (κ3) is 4.81. The topological polar surface area (TPSA) is 64.1 Å². The van der Waals surface area contributed by atoms with Gasteiger partial charge in [0, 0.05) is 12.1 Å². The molecule has 30 heavy (non-hydrogen) atoms. The number of nitrogens with one attached hydrogen (secondary N) is 1. The van der Waals surface area contributed by atoms with Crippen molar-refractivity contribution in [2.75, 3.05) is 6.54 Å². The molecule has 1 amide bonds. The van der Waals surface area contributed by atoms with Crippen LogP contribution in [-0.2, 0) is 11.2 Å². The Bertz CT molecular complexity index is 1130. The largest absolute Gasteiger partial charge is 0.481 e. The Hall–Kier alpha value is -3.73. The van der Waals surface area contributed by atoms with Gasteiger partial charge < -0.3 is 10.1 Å². The van der Waals surface area contributed by atoms with Gasteiger partial charge in [-0.2, -0.15) is 0 Å². The van der Waals surface area contributed by atoms with Crippen LogP contribution in [0.2, 0.25) is 0 Å². The average molecular weight is 397 g/mol. The van der Waals surface area contributed by atoms with E-state index in [2.05, 4.69) is 15.3 Å². The summed E-state index contributed by atoms with van der Waals surface area (Å²) in [6.45, 7) is 2.33. The van der Waals surface area contributed by atoms with Gasteiger partial charge in [0.15, 0.2) is 6.10 Å². The predicted octanol–water partition coefficient (Wildman–Crippen LogP) is 4.42. The van der Waals surface area contributed by atoms with Gasteiger partial charge in [-0.15, -0.1) is 0 Å². The molecule has 1 N–H and O–H groups in total. The lowest BCUT2D eigenvalue weighted by Gasteiger charge is -2.15. The van der Waals surface area contributed by atoms with Crippen LogP contribution in [0, 0.1) is 0 Å². The third-order valence-electron chi connectivity index (χ3n) is 4.84. The number of ether oxygens (including phenoxy) is 1. The van der Waals surface area contributed by atoms with Crippen LogP contribution in [0.25, 0.3) is 22.3 Å². The molecule has 1 atom stereocenters. The van der Waals surface area contributed by atoms with E-state index in [4.69, 9.17) is 4.74 Å². The quantitative estimate of drug-likeness (QED) is 0.501. The lowest BCUT2D eigenvalue weighted by atomic mass is 10.1. The van der Waals surface area contributed by atoms with Gasteiger partial charge in [-0.3, -0.25) is 9.78 Å². The Morgan fingerprint density at radius 1 is 0.933 bits per heavy atom. The minimum atomic E-state index is -0.577. The second kappa shape index (κ2) is 9.18. The van der Waals surface area contributed by atoms with Crippen molar-refractivity contribution < 1.29 is 9.53 Å². The van der Waals surface area contributed by atoms with Crippen LogP contribution in [0.5, 0.6) is 5.75 Å². The minimum Gasteiger partial charge on any atom is -0.481 e. The van der Waals surface area contributed by atoms with Crippen LogP contribution in [0.4, 0.5) is 0 Å². The molecule has 0 bridgehead atoms. The highest BCUT2D eigenvalue weighted by Crippen LogP contribution is 2.22. The molecule has 4 rings (SSSR count). The summed E-state index contributed by atoms with van der Waals surface area (Å²) >= 11 is 0. The molecule has 5 nitrogen and oxygen atoms in total. The number of hydrogen-bond donors (Lipinski definition) is 1. The normalized spacial score (nSPS) is 11.8. The van der Waals surface area contributed by atoms with Crippen molar-refractivity contribution in [3.8, 4) is 17.0 Å². The smallest absolute Gasteiger partial charge is 0.260 e. The number of aromatic nitrogens is 2. The molecule has 0 fully saturated rings. The summed E-state index contributed by atoms with van der Waals surface area (Å²) in [5.41, 5.74) is 4.66. The lowest BCUT2D eigenvalue weighted by Crippen LogP contribution is -2.37. The van der Waals surface area contributed by atoms with Crippen LogP contribution >= 0.6 is 0 Å². The van der Waals surface area contributed by atoms with Crippen molar-refractivity contribution in [2.45, 2.75) is 19.4 Å². The number of hydrogen-bond acceptors (Lipinski definition) is 4. The summed E-state index contributed by atoms with van der Waals surface area (Å²) in [5.74, 6) is 0.508. The van der Waals surface area contributed by atoms with E-state index in [-0.39, 0.29) is 5.91 Å². The first kappa shape index (κ1) is 19.6. The molecule has 0 spiro atoms. The van der Waals surface area contributed by atoms with Crippen molar-refractivity contribution >= 4 is 16.9 Å². The number of carbonyl (C=O) groups is 1. The van der Waals surface area contributed by atoms with Crippen molar-refractivity contribution in [1.82, 2.24) is 15.3 Å². The highest BCUT2D eigenvalue weighted by molar-refractivity contribution is 5.80. The molecule has 1 heterocycles. The summed E-state index contributed by atoms with van der Waals surface area (Å²) < 4.78 is 5.79. The zero-order chi connectivity index (χ0) is 20.8. The maximum Gasteiger partial charge on any atom is 0.260 e. The van der Waals surface area contributed by atoms with E-state index in [1.165, 1.54) is 5.56 Å². The molecule has 4 aromatic rings. The molecule has 0 aliphatic carbocycles. The fourth-order valence-corrected chi connectivity index (χ4v) is 3.18. The molecule has 0 saturated carbocycles. The molecule has 0 radical (unpaired) electrons. The van der Waals surface area contributed by atoms with Gasteiger partial charge in [0.2, 0.25) is 0 Å². The van der Waals surface area contributed by atoms with Crippen LogP contribution < -0.4 is 10.1 Å². The van der Waals surface area contributed by atoms with E-state index in [9.17, 15) is 4.79 Å². The first-order valence-electron chi connectivity index (χ1n) is 9.99. The van der Waals surface area contributed by atoms with Crippen LogP contribution in [-0.4, -0.2) is 28.5 Å². The number of benzene rings is 3. The number of rotatable bonds is 7. The SMILES string of the molecule is C[C@H](Oc1ccc(-c2cnc3ccccc3n2)cc1)C(=O)NCCc1ccccc1. The molecular weight excluding hydrogens is 374 g/mol. The van der Waals surface area contributed by atoms with Crippen LogP contribution in [0.1, 0.15) is 12.5 Å². The zero-order valence-corrected chi connectivity index (χ0v) is 16.8. The number of carbonyl (C=O) groups excluding carboxylic acids is 1. The highest BCUT2D eigenvalue weighted by atomic mass is 16.5. The van der Waals surface area contributed by atoms with Gasteiger partial charge in [0.25, 0.3) is 5.91 Å². The molecule has 0 unspecified atom stereocenters. The van der Waals surface area contributed by atoms with Crippen molar-refractivity contribution in [2.24, 2.45) is 0 Å². The summed E-state index contributed by atoms with van der Waals surface area (Å²) in [6.07, 6.45) is 1.98. The van der Waals surface area contributed by atoms with Crippen molar-refractivity contribution in [3.63, 3.8) is 0 Å². The summed E-state index contributed by atoms with van der Waals surface area (Å²) in [6, 6.07) is 25.4. The fraction of sp³-hybridized carbons (Fsp3) is 0.160. The highest BCUT2D eigenvalue weighted by Gasteiger charge is 2.14. The lowest BCUT2D eigenvalue weighted by molar-refractivity contribution is -0.127. The summed E-state index contributed by atoms with van der Waals surface area (Å²) in [4.78, 5) is 21.4. The van der Waals surface area contributed by atoms with Crippen molar-refractivity contribution in [3.05, 3.63) is 90.6 Å². The van der Waals surface area contributed by atoms with E-state index in [0.29, 0.717) is 12.3 Å². The minimum absolute atomic E-state index is 0.129. The van der Waals surface area contributed by atoms with Gasteiger partial charge in [-0.1, -0.05) is 42.5 Å².